The summed E-state index contributed by atoms with van der Waals surface area (Å²) in [7, 11) is 1.39. The molecule has 1 aromatic carbocycles. The Morgan fingerprint density at radius 3 is 2.69 bits per heavy atom. The molecule has 2 fully saturated rings. The molecule has 1 saturated carbocycles. The van der Waals surface area contributed by atoms with Crippen molar-refractivity contribution in [1.82, 2.24) is 25.2 Å². The number of methoxy groups -OCH3 is 1. The molecule has 2 aromatic heterocycles. The Morgan fingerprint density at radius 2 is 2.03 bits per heavy atom. The Labute approximate surface area is 206 Å². The summed E-state index contributed by atoms with van der Waals surface area (Å²) in [5, 5.41) is 13.1. The van der Waals surface area contributed by atoms with E-state index in [1.54, 1.807) is 6.92 Å². The van der Waals surface area contributed by atoms with E-state index in [0.717, 1.165) is 12.8 Å². The Kier molecular flexibility index (Phi) is 6.25. The van der Waals surface area contributed by atoms with Crippen LogP contribution in [0, 0.1) is 18.7 Å². The maximum atomic E-state index is 14.7. The average Bonchev–Trinajstić information content (AvgIpc) is 3.51. The summed E-state index contributed by atoms with van der Waals surface area (Å²) in [4.78, 5) is 38.3. The monoisotopic (exact) mass is 497 g/mol. The van der Waals surface area contributed by atoms with Gasteiger partial charge in [0, 0.05) is 37.3 Å². The first-order valence-electron chi connectivity index (χ1n) is 11.8. The van der Waals surface area contributed by atoms with E-state index in [1.807, 2.05) is 0 Å². The number of hydrogen-bond acceptors (Lipinski definition) is 7. The summed E-state index contributed by atoms with van der Waals surface area (Å²) < 4.78 is 25.9. The number of benzene rings is 1. The van der Waals surface area contributed by atoms with Crippen LogP contribution in [0.25, 0.3) is 22.3 Å². The molecule has 0 bridgehead atoms. The van der Waals surface area contributed by atoms with Crippen molar-refractivity contribution in [3.8, 4) is 22.8 Å². The van der Waals surface area contributed by atoms with Gasteiger partial charge in [-0.3, -0.25) is 9.59 Å². The first kappa shape index (κ1) is 24.0. The Hall–Kier alpha value is -3.73. The summed E-state index contributed by atoms with van der Waals surface area (Å²) in [6.07, 6.45) is 2.64. The molecule has 3 heterocycles. The van der Waals surface area contributed by atoms with Crippen LogP contribution in [0.5, 0.6) is 11.5 Å². The second-order valence-corrected chi connectivity index (χ2v) is 9.38. The fourth-order valence-corrected chi connectivity index (χ4v) is 4.52. The number of aliphatic hydroxyl groups is 1. The summed E-state index contributed by atoms with van der Waals surface area (Å²) >= 11 is 0. The van der Waals surface area contributed by atoms with Crippen molar-refractivity contribution in [2.24, 2.45) is 5.92 Å². The molecule has 0 spiro atoms. The lowest BCUT2D eigenvalue weighted by Crippen LogP contribution is -2.43. The number of carbonyl (C=O) groups is 2. The first-order chi connectivity index (χ1) is 17.3. The molecular weight excluding hydrogens is 469 g/mol. The van der Waals surface area contributed by atoms with Gasteiger partial charge in [-0.1, -0.05) is 0 Å². The molecule has 2 amide bonds. The minimum absolute atomic E-state index is 0.0623. The number of amides is 2. The van der Waals surface area contributed by atoms with Crippen LogP contribution >= 0.6 is 0 Å². The molecule has 5 rings (SSSR count). The molecule has 10 nitrogen and oxygen atoms in total. The Morgan fingerprint density at radius 1 is 1.25 bits per heavy atom. The van der Waals surface area contributed by atoms with Gasteiger partial charge in [-0.05, 0) is 31.7 Å². The normalized spacial score (nSPS) is 19.5. The van der Waals surface area contributed by atoms with Crippen molar-refractivity contribution < 1.29 is 28.6 Å². The SMILES string of the molecule is COc1cc(OCC2CC2)c(-c2ncnc3c(C(=O)N[C@@H]4CN(C(C)=O)C[C@H]4O)c(C)[nH]c23)cc1F. The minimum atomic E-state index is -0.873. The number of fused-ring (bicyclic) bond motifs is 1. The number of ether oxygens (including phenoxy) is 2. The van der Waals surface area contributed by atoms with E-state index in [9.17, 15) is 19.1 Å². The van der Waals surface area contributed by atoms with Gasteiger partial charge in [0.15, 0.2) is 11.6 Å². The molecule has 1 saturated heterocycles. The third-order valence-electron chi connectivity index (χ3n) is 6.73. The minimum Gasteiger partial charge on any atom is -0.494 e. The third-order valence-corrected chi connectivity index (χ3v) is 6.73. The lowest BCUT2D eigenvalue weighted by molar-refractivity contribution is -0.128. The molecule has 0 radical (unpaired) electrons. The largest absolute Gasteiger partial charge is 0.494 e. The average molecular weight is 498 g/mol. The molecule has 3 aromatic rings. The summed E-state index contributed by atoms with van der Waals surface area (Å²) in [5.74, 6) is -0.206. The van der Waals surface area contributed by atoms with Crippen LogP contribution in [0.2, 0.25) is 0 Å². The second kappa shape index (κ2) is 9.38. The highest BCUT2D eigenvalue weighted by Crippen LogP contribution is 2.39. The third kappa shape index (κ3) is 4.46. The van der Waals surface area contributed by atoms with Crippen molar-refractivity contribution in [1.29, 1.82) is 0 Å². The molecule has 2 atom stereocenters. The van der Waals surface area contributed by atoms with Crippen molar-refractivity contribution >= 4 is 22.8 Å². The van der Waals surface area contributed by atoms with Crippen molar-refractivity contribution in [2.75, 3.05) is 26.8 Å². The zero-order valence-electron chi connectivity index (χ0n) is 20.3. The maximum Gasteiger partial charge on any atom is 0.255 e. The smallest absolute Gasteiger partial charge is 0.255 e. The highest BCUT2D eigenvalue weighted by atomic mass is 19.1. The van der Waals surface area contributed by atoms with E-state index < -0.39 is 23.9 Å². The lowest BCUT2D eigenvalue weighted by Gasteiger charge is -2.16. The van der Waals surface area contributed by atoms with Gasteiger partial charge >= 0.3 is 0 Å². The van der Waals surface area contributed by atoms with Crippen LogP contribution in [-0.4, -0.2) is 75.7 Å². The van der Waals surface area contributed by atoms with Crippen LogP contribution in [-0.2, 0) is 4.79 Å². The van der Waals surface area contributed by atoms with Crippen LogP contribution < -0.4 is 14.8 Å². The number of nitrogens with one attached hydrogen (secondary N) is 2. The number of halogens is 1. The summed E-state index contributed by atoms with van der Waals surface area (Å²) in [5.41, 5.74) is 2.44. The van der Waals surface area contributed by atoms with E-state index in [1.165, 1.54) is 37.4 Å². The van der Waals surface area contributed by atoms with Crippen molar-refractivity contribution in [3.63, 3.8) is 0 Å². The second-order valence-electron chi connectivity index (χ2n) is 9.38. The van der Waals surface area contributed by atoms with E-state index in [-0.39, 0.29) is 30.3 Å². The zero-order chi connectivity index (χ0) is 25.6. The van der Waals surface area contributed by atoms with Crippen LogP contribution in [0.4, 0.5) is 4.39 Å². The van der Waals surface area contributed by atoms with Gasteiger partial charge in [-0.15, -0.1) is 0 Å². The van der Waals surface area contributed by atoms with Gasteiger partial charge in [-0.2, -0.15) is 0 Å². The van der Waals surface area contributed by atoms with Gasteiger partial charge in [0.2, 0.25) is 5.91 Å². The molecule has 3 N–H and O–H groups in total. The number of aliphatic hydroxyl groups excluding tert-OH is 1. The number of β-amino-alcohol motifs (C(OH)–C–C–N with tert-alkyl or cyclic N) is 1. The number of aromatic amines is 1. The Bertz CT molecular complexity index is 1340. The van der Waals surface area contributed by atoms with Crippen molar-refractivity contribution in [3.05, 3.63) is 35.5 Å². The maximum absolute atomic E-state index is 14.7. The number of hydrogen-bond donors (Lipinski definition) is 3. The molecule has 1 aliphatic carbocycles. The Balaban J connectivity index is 1.51. The molecule has 1 aliphatic heterocycles. The molecule has 0 unspecified atom stereocenters. The fraction of sp³-hybridized carbons (Fsp3) is 0.440. The zero-order valence-corrected chi connectivity index (χ0v) is 20.3. The molecular formula is C25H28FN5O5. The predicted octanol–water partition coefficient (Wildman–Crippen LogP) is 2.19. The number of rotatable bonds is 7. The lowest BCUT2D eigenvalue weighted by atomic mass is 10.1. The van der Waals surface area contributed by atoms with Crippen LogP contribution in [0.1, 0.15) is 35.8 Å². The number of aryl methyl sites for hydroxylation is 1. The molecule has 190 valence electrons. The number of nitrogens with zero attached hydrogens (tertiary/aromatic N) is 3. The summed E-state index contributed by atoms with van der Waals surface area (Å²) in [6.45, 7) is 4.04. The standard InChI is InChI=1S/C25H28FN5O5/c1-12-21(25(34)30-17-8-31(13(2)32)9-18(17)33)23-24(29-12)22(27-11-28-23)15-6-16(26)20(35-3)7-19(15)36-10-14-4-5-14/h6-7,11,14,17-18,29,33H,4-5,8-10H2,1-3H3,(H,30,34)/t17-,18-/m1/s1. The van der Waals surface area contributed by atoms with Gasteiger partial charge in [0.05, 0.1) is 36.9 Å². The van der Waals surface area contributed by atoms with E-state index in [2.05, 4.69) is 20.3 Å². The van der Waals surface area contributed by atoms with Crippen molar-refractivity contribution in [2.45, 2.75) is 38.8 Å². The number of aromatic nitrogens is 3. The number of H-pyrrole nitrogens is 1. The molecule has 11 heteroatoms. The number of likely N-dealkylation sites (tertiary alicyclic amines) is 1. The van der Waals surface area contributed by atoms with Gasteiger partial charge < -0.3 is 29.8 Å². The van der Waals surface area contributed by atoms with Gasteiger partial charge in [-0.25, -0.2) is 14.4 Å². The van der Waals surface area contributed by atoms with Gasteiger partial charge in [0.25, 0.3) is 5.91 Å². The topological polar surface area (TPSA) is 130 Å². The summed E-state index contributed by atoms with van der Waals surface area (Å²) in [6, 6.07) is 2.21. The highest BCUT2D eigenvalue weighted by Gasteiger charge is 2.35. The van der Waals surface area contributed by atoms with E-state index >= 15 is 0 Å². The van der Waals surface area contributed by atoms with Gasteiger partial charge in [0.1, 0.15) is 23.3 Å². The molecule has 2 aliphatic rings. The number of carbonyl (C=O) groups excluding carboxylic acids is 2. The predicted molar refractivity (Wildman–Crippen MR) is 128 cm³/mol. The van der Waals surface area contributed by atoms with E-state index in [0.29, 0.717) is 46.3 Å². The fourth-order valence-electron chi connectivity index (χ4n) is 4.52. The molecule has 36 heavy (non-hydrogen) atoms. The first-order valence-corrected chi connectivity index (χ1v) is 11.8. The highest BCUT2D eigenvalue weighted by molar-refractivity contribution is 6.09. The quantitative estimate of drug-likeness (QED) is 0.456. The van der Waals surface area contributed by atoms with E-state index in [4.69, 9.17) is 9.47 Å². The van der Waals surface area contributed by atoms with Crippen LogP contribution in [0.3, 0.4) is 0 Å². The van der Waals surface area contributed by atoms with Crippen LogP contribution in [0.15, 0.2) is 18.5 Å².